The zero-order valence-electron chi connectivity index (χ0n) is 11.8. The summed E-state index contributed by atoms with van der Waals surface area (Å²) in [5.41, 5.74) is 8.12. The molecule has 1 atom stereocenters. The van der Waals surface area contributed by atoms with Crippen LogP contribution in [0.4, 0.5) is 4.39 Å². The maximum Gasteiger partial charge on any atom is 0.170 e. The third-order valence-corrected chi connectivity index (χ3v) is 3.35. The topological polar surface area (TPSA) is 70.6 Å². The van der Waals surface area contributed by atoms with Gasteiger partial charge in [-0.05, 0) is 30.2 Å². The Hall–Kier alpha value is -2.40. The standard InChI is InChI=1S/C16H18FN3O/c1-11(12-6-4-7-14(17)9-12)19-10-13-5-2-3-8-15(13)16(18)20-21/h2-9,11,19,21H,10H2,1H3,(H2,18,20)/t11-/m1/s1. The molecule has 0 aliphatic heterocycles. The van der Waals surface area contributed by atoms with E-state index >= 15 is 0 Å². The zero-order chi connectivity index (χ0) is 15.2. The smallest absolute Gasteiger partial charge is 0.170 e. The van der Waals surface area contributed by atoms with Crippen LogP contribution in [-0.4, -0.2) is 11.0 Å². The van der Waals surface area contributed by atoms with Crippen molar-refractivity contribution >= 4 is 5.84 Å². The Labute approximate surface area is 123 Å². The quantitative estimate of drug-likeness (QED) is 0.343. The molecule has 0 aliphatic carbocycles. The largest absolute Gasteiger partial charge is 0.409 e. The van der Waals surface area contributed by atoms with E-state index in [4.69, 9.17) is 10.9 Å². The van der Waals surface area contributed by atoms with Crippen molar-refractivity contribution in [2.45, 2.75) is 19.5 Å². The SMILES string of the molecule is C[C@@H](NCc1ccccc1/C(N)=N/O)c1cccc(F)c1. The first kappa shape index (κ1) is 15.0. The fourth-order valence-corrected chi connectivity index (χ4v) is 2.14. The Morgan fingerprint density at radius 1 is 1.29 bits per heavy atom. The van der Waals surface area contributed by atoms with Crippen molar-refractivity contribution in [2.75, 3.05) is 0 Å². The molecule has 0 heterocycles. The van der Waals surface area contributed by atoms with Gasteiger partial charge in [-0.2, -0.15) is 0 Å². The number of nitrogens with one attached hydrogen (secondary N) is 1. The van der Waals surface area contributed by atoms with Crippen LogP contribution >= 0.6 is 0 Å². The van der Waals surface area contributed by atoms with Crippen LogP contribution in [0.3, 0.4) is 0 Å². The normalized spacial score (nSPS) is 13.1. The number of nitrogens with two attached hydrogens (primary N) is 1. The van der Waals surface area contributed by atoms with Crippen LogP contribution in [-0.2, 0) is 6.54 Å². The van der Waals surface area contributed by atoms with Crippen molar-refractivity contribution < 1.29 is 9.60 Å². The van der Waals surface area contributed by atoms with Gasteiger partial charge in [0.1, 0.15) is 5.82 Å². The lowest BCUT2D eigenvalue weighted by molar-refractivity contribution is 0.318. The molecule has 110 valence electrons. The molecule has 4 nitrogen and oxygen atoms in total. The molecule has 4 N–H and O–H groups in total. The molecule has 5 heteroatoms. The summed E-state index contributed by atoms with van der Waals surface area (Å²) >= 11 is 0. The molecule has 0 saturated heterocycles. The monoisotopic (exact) mass is 287 g/mol. The highest BCUT2D eigenvalue weighted by Crippen LogP contribution is 2.15. The lowest BCUT2D eigenvalue weighted by atomic mass is 10.0. The summed E-state index contributed by atoms with van der Waals surface area (Å²) in [4.78, 5) is 0. The predicted octanol–water partition coefficient (Wildman–Crippen LogP) is 2.77. The van der Waals surface area contributed by atoms with Crippen LogP contribution in [0.5, 0.6) is 0 Å². The number of hydrogen-bond donors (Lipinski definition) is 3. The van der Waals surface area contributed by atoms with Gasteiger partial charge in [0.25, 0.3) is 0 Å². The van der Waals surface area contributed by atoms with Crippen molar-refractivity contribution in [3.8, 4) is 0 Å². The minimum atomic E-state index is -0.252. The van der Waals surface area contributed by atoms with Crippen molar-refractivity contribution in [1.82, 2.24) is 5.32 Å². The molecule has 0 spiro atoms. The lowest BCUT2D eigenvalue weighted by Crippen LogP contribution is -2.22. The van der Waals surface area contributed by atoms with E-state index in [-0.39, 0.29) is 17.7 Å². The zero-order valence-corrected chi connectivity index (χ0v) is 11.8. The van der Waals surface area contributed by atoms with Crippen molar-refractivity contribution in [3.63, 3.8) is 0 Å². The van der Waals surface area contributed by atoms with Crippen LogP contribution in [0.2, 0.25) is 0 Å². The molecule has 0 aliphatic rings. The van der Waals surface area contributed by atoms with Gasteiger partial charge in [0.2, 0.25) is 0 Å². The van der Waals surface area contributed by atoms with Crippen LogP contribution in [0, 0.1) is 5.82 Å². The Balaban J connectivity index is 2.10. The highest BCUT2D eigenvalue weighted by molar-refractivity contribution is 5.98. The minimum absolute atomic E-state index is 0.0129. The van der Waals surface area contributed by atoms with E-state index < -0.39 is 0 Å². The summed E-state index contributed by atoms with van der Waals surface area (Å²) < 4.78 is 13.2. The molecule has 0 bridgehead atoms. The molecule has 0 fully saturated rings. The summed E-state index contributed by atoms with van der Waals surface area (Å²) in [7, 11) is 0. The van der Waals surface area contributed by atoms with Crippen molar-refractivity contribution in [1.29, 1.82) is 0 Å². The number of oxime groups is 1. The Kier molecular flexibility index (Phi) is 4.90. The van der Waals surface area contributed by atoms with E-state index in [1.807, 2.05) is 31.2 Å². The highest BCUT2D eigenvalue weighted by Gasteiger charge is 2.09. The van der Waals surface area contributed by atoms with E-state index in [0.29, 0.717) is 12.1 Å². The van der Waals surface area contributed by atoms with Gasteiger partial charge in [0, 0.05) is 18.2 Å². The molecule has 0 radical (unpaired) electrons. The summed E-state index contributed by atoms with van der Waals surface area (Å²) in [5.74, 6) is -0.177. The van der Waals surface area contributed by atoms with Gasteiger partial charge < -0.3 is 16.3 Å². The number of hydrogen-bond acceptors (Lipinski definition) is 3. The molecular formula is C16H18FN3O. The summed E-state index contributed by atoms with van der Waals surface area (Å²) in [6.45, 7) is 2.49. The fraction of sp³-hybridized carbons (Fsp3) is 0.188. The van der Waals surface area contributed by atoms with Gasteiger partial charge in [-0.15, -0.1) is 0 Å². The van der Waals surface area contributed by atoms with Crippen LogP contribution in [0.1, 0.15) is 29.7 Å². The maximum atomic E-state index is 13.2. The third-order valence-electron chi connectivity index (χ3n) is 3.35. The maximum absolute atomic E-state index is 13.2. The second kappa shape index (κ2) is 6.85. The van der Waals surface area contributed by atoms with Gasteiger partial charge in [0.05, 0.1) is 0 Å². The number of benzene rings is 2. The number of amidine groups is 1. The molecule has 21 heavy (non-hydrogen) atoms. The third kappa shape index (κ3) is 3.79. The van der Waals surface area contributed by atoms with Crippen molar-refractivity contribution in [3.05, 3.63) is 71.0 Å². The summed E-state index contributed by atoms with van der Waals surface area (Å²) in [5, 5.41) is 15.1. The molecular weight excluding hydrogens is 269 g/mol. The van der Waals surface area contributed by atoms with E-state index in [0.717, 1.165) is 11.1 Å². The molecule has 2 rings (SSSR count). The van der Waals surface area contributed by atoms with Crippen LogP contribution in [0.25, 0.3) is 0 Å². The second-order valence-electron chi connectivity index (χ2n) is 4.80. The molecule has 0 saturated carbocycles. The molecule has 0 amide bonds. The van der Waals surface area contributed by atoms with Gasteiger partial charge in [0.15, 0.2) is 5.84 Å². The van der Waals surface area contributed by atoms with Gasteiger partial charge in [-0.1, -0.05) is 41.6 Å². The Bertz CT molecular complexity index is 643. The molecule has 2 aromatic carbocycles. The molecule has 2 aromatic rings. The number of rotatable bonds is 5. The summed E-state index contributed by atoms with van der Waals surface area (Å²) in [6.07, 6.45) is 0. The van der Waals surface area contributed by atoms with E-state index in [1.54, 1.807) is 12.1 Å². The highest BCUT2D eigenvalue weighted by atomic mass is 19.1. The van der Waals surface area contributed by atoms with E-state index in [2.05, 4.69) is 10.5 Å². The van der Waals surface area contributed by atoms with Gasteiger partial charge in [-0.3, -0.25) is 0 Å². The van der Waals surface area contributed by atoms with Crippen molar-refractivity contribution in [2.24, 2.45) is 10.9 Å². The average molecular weight is 287 g/mol. The number of halogens is 1. The van der Waals surface area contributed by atoms with Crippen LogP contribution in [0.15, 0.2) is 53.7 Å². The molecule has 0 aromatic heterocycles. The lowest BCUT2D eigenvalue weighted by Gasteiger charge is -2.16. The minimum Gasteiger partial charge on any atom is -0.409 e. The van der Waals surface area contributed by atoms with E-state index in [9.17, 15) is 4.39 Å². The van der Waals surface area contributed by atoms with Gasteiger partial charge in [-0.25, -0.2) is 4.39 Å². The summed E-state index contributed by atoms with van der Waals surface area (Å²) in [6, 6.07) is 13.9. The van der Waals surface area contributed by atoms with E-state index in [1.165, 1.54) is 12.1 Å². The Morgan fingerprint density at radius 3 is 2.76 bits per heavy atom. The van der Waals surface area contributed by atoms with Gasteiger partial charge >= 0.3 is 0 Å². The average Bonchev–Trinajstić information content (AvgIpc) is 2.52. The first-order chi connectivity index (χ1) is 10.1. The fourth-order valence-electron chi connectivity index (χ4n) is 2.14. The second-order valence-corrected chi connectivity index (χ2v) is 4.80. The first-order valence-electron chi connectivity index (χ1n) is 6.66. The Morgan fingerprint density at radius 2 is 2.05 bits per heavy atom. The number of nitrogens with zero attached hydrogens (tertiary/aromatic N) is 1. The predicted molar refractivity (Wildman–Crippen MR) is 80.6 cm³/mol. The molecule has 0 unspecified atom stereocenters. The first-order valence-corrected chi connectivity index (χ1v) is 6.66. The van der Waals surface area contributed by atoms with Crippen LogP contribution < -0.4 is 11.1 Å².